The van der Waals surface area contributed by atoms with E-state index in [0.717, 1.165) is 21.6 Å². The van der Waals surface area contributed by atoms with Crippen LogP contribution < -0.4 is 5.73 Å². The number of aryl methyl sites for hydroxylation is 2. The topological polar surface area (TPSA) is 43.1 Å². The van der Waals surface area contributed by atoms with Crippen LogP contribution in [0.1, 0.15) is 32.4 Å². The van der Waals surface area contributed by atoms with Gasteiger partial charge in [-0.2, -0.15) is 0 Å². The van der Waals surface area contributed by atoms with Gasteiger partial charge in [-0.15, -0.1) is 11.3 Å². The highest BCUT2D eigenvalue weighted by Gasteiger charge is 2.20. The maximum atomic E-state index is 12.3. The van der Waals surface area contributed by atoms with Crippen molar-refractivity contribution in [3.05, 3.63) is 57.3 Å². The molecule has 0 aliphatic carbocycles. The second kappa shape index (κ2) is 4.82. The maximum Gasteiger partial charge on any atom is 0.185 e. The number of rotatable bonds is 3. The third kappa shape index (κ3) is 2.46. The van der Waals surface area contributed by atoms with E-state index in [4.69, 9.17) is 5.73 Å². The largest absolute Gasteiger partial charge is 0.317 e. The molecule has 1 aromatic carbocycles. The summed E-state index contributed by atoms with van der Waals surface area (Å²) >= 11 is 1.52. The predicted molar refractivity (Wildman–Crippen MR) is 71.5 cm³/mol. The number of carbonyl (C=O) groups excluding carboxylic acids is 1. The first-order valence-corrected chi connectivity index (χ1v) is 6.38. The molecule has 2 nitrogen and oxygen atoms in total. The maximum absolute atomic E-state index is 12.3. The fourth-order valence-corrected chi connectivity index (χ4v) is 2.49. The lowest BCUT2D eigenvalue weighted by Gasteiger charge is -2.11. The van der Waals surface area contributed by atoms with Gasteiger partial charge in [-0.05, 0) is 36.9 Å². The Labute approximate surface area is 105 Å². The van der Waals surface area contributed by atoms with Gasteiger partial charge >= 0.3 is 0 Å². The number of benzene rings is 1. The molecule has 1 atom stereocenters. The van der Waals surface area contributed by atoms with Crippen molar-refractivity contribution in [1.29, 1.82) is 0 Å². The van der Waals surface area contributed by atoms with Crippen LogP contribution in [-0.4, -0.2) is 5.78 Å². The first-order chi connectivity index (χ1) is 8.09. The van der Waals surface area contributed by atoms with Gasteiger partial charge in [-0.25, -0.2) is 0 Å². The van der Waals surface area contributed by atoms with Crippen LogP contribution in [0.15, 0.2) is 35.7 Å². The van der Waals surface area contributed by atoms with E-state index < -0.39 is 6.04 Å². The lowest BCUT2D eigenvalue weighted by Crippen LogP contribution is -2.21. The zero-order valence-electron chi connectivity index (χ0n) is 9.94. The lowest BCUT2D eigenvalue weighted by atomic mass is 9.97. The van der Waals surface area contributed by atoms with Crippen LogP contribution in [0, 0.1) is 13.8 Å². The van der Waals surface area contributed by atoms with E-state index in [2.05, 4.69) is 0 Å². The smallest absolute Gasteiger partial charge is 0.185 e. The van der Waals surface area contributed by atoms with Crippen molar-refractivity contribution in [2.24, 2.45) is 5.73 Å². The Morgan fingerprint density at radius 2 is 2.06 bits per heavy atom. The Morgan fingerprint density at radius 3 is 2.71 bits per heavy atom. The number of thiophene rings is 1. The molecule has 2 rings (SSSR count). The van der Waals surface area contributed by atoms with E-state index in [1.807, 2.05) is 49.6 Å². The van der Waals surface area contributed by atoms with Gasteiger partial charge in [-0.3, -0.25) is 4.79 Å². The van der Waals surface area contributed by atoms with Gasteiger partial charge in [0.1, 0.15) is 6.04 Å². The third-order valence-electron chi connectivity index (χ3n) is 2.79. The van der Waals surface area contributed by atoms with Gasteiger partial charge in [0.15, 0.2) is 5.78 Å². The number of ketones is 1. The summed E-state index contributed by atoms with van der Waals surface area (Å²) in [6.45, 7) is 3.92. The number of hydrogen-bond donors (Lipinski definition) is 1. The Morgan fingerprint density at radius 1 is 1.29 bits per heavy atom. The third-order valence-corrected chi connectivity index (χ3v) is 3.75. The Balaban J connectivity index is 2.34. The summed E-state index contributed by atoms with van der Waals surface area (Å²) < 4.78 is 0. The first kappa shape index (κ1) is 12.0. The predicted octanol–water partition coefficient (Wildman–Crippen LogP) is 3.25. The Bertz CT molecular complexity index is 531. The molecule has 0 spiro atoms. The molecule has 17 heavy (non-hydrogen) atoms. The number of Topliss-reactive ketones (excluding diaryl/α,β-unsaturated/α-hetero) is 1. The molecule has 2 N–H and O–H groups in total. The molecule has 0 fully saturated rings. The standard InChI is InChI=1S/C14H15NOS/c1-9-5-6-10(2)11(8-9)14(16)13(15)12-4-3-7-17-12/h3-8,13H,15H2,1-2H3. The molecule has 3 heteroatoms. The fourth-order valence-electron chi connectivity index (χ4n) is 1.77. The minimum atomic E-state index is -0.546. The molecule has 1 unspecified atom stereocenters. The highest BCUT2D eigenvalue weighted by molar-refractivity contribution is 7.10. The van der Waals surface area contributed by atoms with Crippen molar-refractivity contribution < 1.29 is 4.79 Å². The van der Waals surface area contributed by atoms with E-state index in [0.29, 0.717) is 0 Å². The summed E-state index contributed by atoms with van der Waals surface area (Å²) in [5.41, 5.74) is 8.78. The Kier molecular flexibility index (Phi) is 3.41. The molecule has 1 aromatic heterocycles. The molecular formula is C14H15NOS. The monoisotopic (exact) mass is 245 g/mol. The van der Waals surface area contributed by atoms with Crippen LogP contribution >= 0.6 is 11.3 Å². The number of hydrogen-bond acceptors (Lipinski definition) is 3. The average Bonchev–Trinajstić information content (AvgIpc) is 2.84. The molecule has 0 aliphatic heterocycles. The molecular weight excluding hydrogens is 230 g/mol. The normalized spacial score (nSPS) is 12.4. The van der Waals surface area contributed by atoms with Crippen molar-refractivity contribution in [2.45, 2.75) is 19.9 Å². The summed E-state index contributed by atoms with van der Waals surface area (Å²) in [4.78, 5) is 13.2. The summed E-state index contributed by atoms with van der Waals surface area (Å²) in [6, 6.07) is 9.14. The van der Waals surface area contributed by atoms with Crippen LogP contribution in [0.2, 0.25) is 0 Å². The molecule has 0 aliphatic rings. The van der Waals surface area contributed by atoms with Crippen LogP contribution in [-0.2, 0) is 0 Å². The van der Waals surface area contributed by atoms with Gasteiger partial charge < -0.3 is 5.73 Å². The quantitative estimate of drug-likeness (QED) is 0.843. The molecule has 1 heterocycles. The lowest BCUT2D eigenvalue weighted by molar-refractivity contribution is 0.0962. The molecule has 0 amide bonds. The van der Waals surface area contributed by atoms with Crippen molar-refractivity contribution in [2.75, 3.05) is 0 Å². The van der Waals surface area contributed by atoms with Crippen LogP contribution in [0.5, 0.6) is 0 Å². The Hall–Kier alpha value is -1.45. The summed E-state index contributed by atoms with van der Waals surface area (Å²) in [7, 11) is 0. The van der Waals surface area contributed by atoms with Crippen LogP contribution in [0.25, 0.3) is 0 Å². The number of carbonyl (C=O) groups is 1. The molecule has 0 bridgehead atoms. The van der Waals surface area contributed by atoms with Gasteiger partial charge in [0.05, 0.1) is 0 Å². The van der Waals surface area contributed by atoms with Crippen molar-refractivity contribution in [3.8, 4) is 0 Å². The molecule has 0 saturated carbocycles. The highest BCUT2D eigenvalue weighted by Crippen LogP contribution is 2.22. The zero-order valence-corrected chi connectivity index (χ0v) is 10.8. The minimum absolute atomic E-state index is 0.00588. The second-order valence-electron chi connectivity index (χ2n) is 4.18. The highest BCUT2D eigenvalue weighted by atomic mass is 32.1. The van der Waals surface area contributed by atoms with Gasteiger partial charge in [-0.1, -0.05) is 23.8 Å². The van der Waals surface area contributed by atoms with Crippen molar-refractivity contribution in [1.82, 2.24) is 0 Å². The average molecular weight is 245 g/mol. The summed E-state index contributed by atoms with van der Waals surface area (Å²) in [5, 5.41) is 1.94. The first-order valence-electron chi connectivity index (χ1n) is 5.50. The fraction of sp³-hybridized carbons (Fsp3) is 0.214. The molecule has 2 aromatic rings. The SMILES string of the molecule is Cc1ccc(C)c(C(=O)C(N)c2cccs2)c1. The van der Waals surface area contributed by atoms with E-state index in [9.17, 15) is 4.79 Å². The number of nitrogens with two attached hydrogens (primary N) is 1. The van der Waals surface area contributed by atoms with Crippen molar-refractivity contribution >= 4 is 17.1 Å². The van der Waals surface area contributed by atoms with E-state index >= 15 is 0 Å². The zero-order chi connectivity index (χ0) is 12.4. The van der Waals surface area contributed by atoms with Crippen LogP contribution in [0.4, 0.5) is 0 Å². The summed E-state index contributed by atoms with van der Waals surface area (Å²) in [5.74, 6) is -0.00588. The van der Waals surface area contributed by atoms with E-state index in [-0.39, 0.29) is 5.78 Å². The van der Waals surface area contributed by atoms with Crippen LogP contribution in [0.3, 0.4) is 0 Å². The molecule has 88 valence electrons. The van der Waals surface area contributed by atoms with E-state index in [1.165, 1.54) is 11.3 Å². The van der Waals surface area contributed by atoms with Gasteiger partial charge in [0, 0.05) is 10.4 Å². The van der Waals surface area contributed by atoms with E-state index in [1.54, 1.807) is 0 Å². The van der Waals surface area contributed by atoms with Gasteiger partial charge in [0.25, 0.3) is 0 Å². The van der Waals surface area contributed by atoms with Gasteiger partial charge in [0.2, 0.25) is 0 Å². The minimum Gasteiger partial charge on any atom is -0.317 e. The summed E-state index contributed by atoms with van der Waals surface area (Å²) in [6.07, 6.45) is 0. The van der Waals surface area contributed by atoms with Crippen molar-refractivity contribution in [3.63, 3.8) is 0 Å². The molecule has 0 saturated heterocycles. The molecule has 0 radical (unpaired) electrons. The second-order valence-corrected chi connectivity index (χ2v) is 5.15.